The molecule has 0 amide bonds. The van der Waals surface area contributed by atoms with Crippen LogP contribution in [0.1, 0.15) is 37.8 Å². The predicted molar refractivity (Wildman–Crippen MR) is 105 cm³/mol. The van der Waals surface area contributed by atoms with E-state index in [4.69, 9.17) is 12.2 Å². The molecule has 0 spiro atoms. The van der Waals surface area contributed by atoms with Crippen molar-refractivity contribution in [3.63, 3.8) is 0 Å². The summed E-state index contributed by atoms with van der Waals surface area (Å²) in [5, 5.41) is 7.08. The van der Waals surface area contributed by atoms with Crippen LogP contribution in [0.5, 0.6) is 0 Å². The van der Waals surface area contributed by atoms with E-state index in [0.717, 1.165) is 5.69 Å². The van der Waals surface area contributed by atoms with Crippen LogP contribution in [0.4, 0.5) is 11.4 Å². The van der Waals surface area contributed by atoms with E-state index >= 15 is 0 Å². The maximum Gasteiger partial charge on any atom is 0.171 e. The molecule has 0 radical (unpaired) electrons. The highest BCUT2D eigenvalue weighted by atomic mass is 32.1. The molecular formula is C19H24N4S. The number of thiocarbonyl (C=S) groups is 1. The summed E-state index contributed by atoms with van der Waals surface area (Å²) >= 11 is 5.38. The standard InChI is InChI=1S/C19H24N4S/c1-15(21-19(24)22-17-6-5-11-20-14-17)16-7-9-18(10-8-16)23-12-3-2-4-13-23/h5-11,14-15H,2-4,12-13H2,1H3,(H2,21,22,24)/t15-/m0/s1. The molecule has 5 heteroatoms. The molecule has 24 heavy (non-hydrogen) atoms. The van der Waals surface area contributed by atoms with E-state index in [1.807, 2.05) is 12.1 Å². The van der Waals surface area contributed by atoms with E-state index in [2.05, 4.69) is 51.7 Å². The summed E-state index contributed by atoms with van der Waals surface area (Å²) in [6, 6.07) is 12.8. The van der Waals surface area contributed by atoms with E-state index in [9.17, 15) is 0 Å². The fourth-order valence-corrected chi connectivity index (χ4v) is 3.30. The van der Waals surface area contributed by atoms with Gasteiger partial charge in [0.15, 0.2) is 5.11 Å². The van der Waals surface area contributed by atoms with Gasteiger partial charge in [-0.05, 0) is 68.2 Å². The van der Waals surface area contributed by atoms with Crippen molar-refractivity contribution in [2.75, 3.05) is 23.3 Å². The van der Waals surface area contributed by atoms with Gasteiger partial charge in [-0.2, -0.15) is 0 Å². The lowest BCUT2D eigenvalue weighted by Gasteiger charge is -2.29. The number of hydrogen-bond acceptors (Lipinski definition) is 3. The molecule has 1 aromatic heterocycles. The van der Waals surface area contributed by atoms with Crippen molar-refractivity contribution in [1.29, 1.82) is 0 Å². The van der Waals surface area contributed by atoms with Gasteiger partial charge in [0.2, 0.25) is 0 Å². The fraction of sp³-hybridized carbons (Fsp3) is 0.368. The fourth-order valence-electron chi connectivity index (χ4n) is 3.01. The zero-order chi connectivity index (χ0) is 16.8. The molecule has 2 aromatic rings. The van der Waals surface area contributed by atoms with Crippen LogP contribution < -0.4 is 15.5 Å². The third kappa shape index (κ3) is 4.45. The van der Waals surface area contributed by atoms with E-state index in [-0.39, 0.29) is 6.04 Å². The van der Waals surface area contributed by atoms with Crippen molar-refractivity contribution in [1.82, 2.24) is 10.3 Å². The topological polar surface area (TPSA) is 40.2 Å². The Morgan fingerprint density at radius 3 is 2.54 bits per heavy atom. The highest BCUT2D eigenvalue weighted by Crippen LogP contribution is 2.22. The summed E-state index contributed by atoms with van der Waals surface area (Å²) in [6.45, 7) is 4.46. The minimum atomic E-state index is 0.150. The molecule has 126 valence electrons. The molecule has 0 bridgehead atoms. The average molecular weight is 340 g/mol. The molecule has 1 fully saturated rings. The summed E-state index contributed by atoms with van der Waals surface area (Å²) in [4.78, 5) is 6.55. The van der Waals surface area contributed by atoms with E-state index in [1.54, 1.807) is 12.4 Å². The maximum absolute atomic E-state index is 5.38. The van der Waals surface area contributed by atoms with E-state index in [1.165, 1.54) is 43.6 Å². The highest BCUT2D eigenvalue weighted by molar-refractivity contribution is 7.80. The Labute approximate surface area is 149 Å². The van der Waals surface area contributed by atoms with Gasteiger partial charge in [0.1, 0.15) is 0 Å². The number of nitrogens with zero attached hydrogens (tertiary/aromatic N) is 2. The SMILES string of the molecule is C[C@H](NC(=S)Nc1cccnc1)c1ccc(N2CCCCC2)cc1. The molecule has 0 unspecified atom stereocenters. The van der Waals surface area contributed by atoms with Crippen molar-refractivity contribution in [2.24, 2.45) is 0 Å². The van der Waals surface area contributed by atoms with Crippen LogP contribution in [0, 0.1) is 0 Å². The zero-order valence-corrected chi connectivity index (χ0v) is 14.9. The number of benzene rings is 1. The maximum atomic E-state index is 5.38. The molecule has 1 aliphatic heterocycles. The molecule has 0 saturated carbocycles. The highest BCUT2D eigenvalue weighted by Gasteiger charge is 2.12. The molecule has 4 nitrogen and oxygen atoms in total. The summed E-state index contributed by atoms with van der Waals surface area (Å²) in [6.07, 6.45) is 7.46. The monoisotopic (exact) mass is 340 g/mol. The number of piperidine rings is 1. The second kappa shape index (κ2) is 8.11. The normalized spacial score (nSPS) is 15.6. The van der Waals surface area contributed by atoms with Gasteiger partial charge in [-0.3, -0.25) is 4.98 Å². The van der Waals surface area contributed by atoms with Crippen LogP contribution in [0.15, 0.2) is 48.8 Å². The largest absolute Gasteiger partial charge is 0.372 e. The smallest absolute Gasteiger partial charge is 0.171 e. The van der Waals surface area contributed by atoms with Gasteiger partial charge in [0, 0.05) is 25.0 Å². The van der Waals surface area contributed by atoms with Crippen LogP contribution >= 0.6 is 12.2 Å². The second-order valence-electron chi connectivity index (χ2n) is 6.20. The Kier molecular flexibility index (Phi) is 5.64. The Morgan fingerprint density at radius 2 is 1.88 bits per heavy atom. The van der Waals surface area contributed by atoms with Gasteiger partial charge >= 0.3 is 0 Å². The summed E-state index contributed by atoms with van der Waals surface area (Å²) in [5.74, 6) is 0. The molecule has 2 heterocycles. The van der Waals surface area contributed by atoms with Gasteiger partial charge in [-0.15, -0.1) is 0 Å². The van der Waals surface area contributed by atoms with Gasteiger partial charge in [0.05, 0.1) is 17.9 Å². The van der Waals surface area contributed by atoms with Crippen molar-refractivity contribution in [3.05, 3.63) is 54.4 Å². The zero-order valence-electron chi connectivity index (χ0n) is 14.0. The van der Waals surface area contributed by atoms with Crippen LogP contribution in [-0.2, 0) is 0 Å². The first-order chi connectivity index (χ1) is 11.7. The Balaban J connectivity index is 1.56. The van der Waals surface area contributed by atoms with Gasteiger partial charge in [0.25, 0.3) is 0 Å². The summed E-state index contributed by atoms with van der Waals surface area (Å²) in [7, 11) is 0. The van der Waals surface area contributed by atoms with Crippen molar-refractivity contribution >= 4 is 28.7 Å². The number of pyridine rings is 1. The van der Waals surface area contributed by atoms with Crippen molar-refractivity contribution < 1.29 is 0 Å². The molecule has 3 rings (SSSR count). The number of nitrogens with one attached hydrogen (secondary N) is 2. The third-order valence-corrected chi connectivity index (χ3v) is 4.60. The van der Waals surface area contributed by atoms with Crippen LogP contribution in [-0.4, -0.2) is 23.2 Å². The number of hydrogen-bond donors (Lipinski definition) is 2. The van der Waals surface area contributed by atoms with Crippen LogP contribution in [0.3, 0.4) is 0 Å². The van der Waals surface area contributed by atoms with Gasteiger partial charge in [-0.25, -0.2) is 0 Å². The molecule has 2 N–H and O–H groups in total. The number of rotatable bonds is 4. The van der Waals surface area contributed by atoms with E-state index < -0.39 is 0 Å². The van der Waals surface area contributed by atoms with Crippen molar-refractivity contribution in [3.8, 4) is 0 Å². The van der Waals surface area contributed by atoms with Crippen LogP contribution in [0.2, 0.25) is 0 Å². The summed E-state index contributed by atoms with van der Waals surface area (Å²) < 4.78 is 0. The molecule has 1 saturated heterocycles. The third-order valence-electron chi connectivity index (χ3n) is 4.38. The van der Waals surface area contributed by atoms with E-state index in [0.29, 0.717) is 5.11 Å². The quantitative estimate of drug-likeness (QED) is 0.819. The first-order valence-electron chi connectivity index (χ1n) is 8.55. The lowest BCUT2D eigenvalue weighted by atomic mass is 10.1. The van der Waals surface area contributed by atoms with Crippen LogP contribution in [0.25, 0.3) is 0 Å². The first kappa shape index (κ1) is 16.7. The Bertz CT molecular complexity index is 651. The number of anilines is 2. The lowest BCUT2D eigenvalue weighted by Crippen LogP contribution is -2.31. The first-order valence-corrected chi connectivity index (χ1v) is 8.95. The molecule has 1 atom stereocenters. The Morgan fingerprint density at radius 1 is 1.12 bits per heavy atom. The molecule has 0 aliphatic carbocycles. The lowest BCUT2D eigenvalue weighted by molar-refractivity contribution is 0.577. The minimum absolute atomic E-state index is 0.150. The van der Waals surface area contributed by atoms with Gasteiger partial charge in [-0.1, -0.05) is 12.1 Å². The molecule has 1 aromatic carbocycles. The predicted octanol–water partition coefficient (Wildman–Crippen LogP) is 4.12. The number of aromatic nitrogens is 1. The second-order valence-corrected chi connectivity index (χ2v) is 6.61. The molecular weight excluding hydrogens is 316 g/mol. The summed E-state index contributed by atoms with van der Waals surface area (Å²) in [5.41, 5.74) is 3.44. The van der Waals surface area contributed by atoms with Gasteiger partial charge < -0.3 is 15.5 Å². The van der Waals surface area contributed by atoms with Crippen molar-refractivity contribution in [2.45, 2.75) is 32.2 Å². The Hall–Kier alpha value is -2.14. The minimum Gasteiger partial charge on any atom is -0.372 e. The molecule has 1 aliphatic rings. The average Bonchev–Trinajstić information content (AvgIpc) is 2.63.